The fourth-order valence-corrected chi connectivity index (χ4v) is 3.64. The topological polar surface area (TPSA) is 36.4 Å². The Morgan fingerprint density at radius 2 is 1.63 bits per heavy atom. The van der Waals surface area contributed by atoms with Crippen molar-refractivity contribution in [2.75, 3.05) is 7.05 Å². The van der Waals surface area contributed by atoms with Gasteiger partial charge in [-0.15, -0.1) is 24.0 Å². The Balaban J connectivity index is 0.00000261. The molecule has 2 saturated carbocycles. The van der Waals surface area contributed by atoms with Gasteiger partial charge in [0.2, 0.25) is 0 Å². The van der Waals surface area contributed by atoms with Crippen molar-refractivity contribution in [2.24, 2.45) is 10.9 Å². The van der Waals surface area contributed by atoms with Gasteiger partial charge in [-0.2, -0.15) is 13.2 Å². The van der Waals surface area contributed by atoms with Gasteiger partial charge in [-0.1, -0.05) is 6.07 Å². The molecule has 2 aliphatic rings. The van der Waals surface area contributed by atoms with Crippen LogP contribution in [0, 0.1) is 17.6 Å². The number of alkyl halides is 3. The Morgan fingerprint density at radius 3 is 2.15 bits per heavy atom. The van der Waals surface area contributed by atoms with Crippen LogP contribution in [-0.2, 0) is 0 Å². The second-order valence-electron chi connectivity index (χ2n) is 7.04. The molecule has 0 bridgehead atoms. The molecule has 0 aromatic heterocycles. The predicted molar refractivity (Wildman–Crippen MR) is 104 cm³/mol. The third-order valence-corrected chi connectivity index (χ3v) is 5.24. The minimum Gasteiger partial charge on any atom is -0.354 e. The fourth-order valence-electron chi connectivity index (χ4n) is 3.64. The van der Waals surface area contributed by atoms with Crippen molar-refractivity contribution in [3.05, 3.63) is 35.4 Å². The zero-order chi connectivity index (χ0) is 18.9. The molecule has 0 radical (unpaired) electrons. The first-order chi connectivity index (χ1) is 12.3. The van der Waals surface area contributed by atoms with Gasteiger partial charge in [-0.05, 0) is 44.2 Å². The van der Waals surface area contributed by atoms with E-state index in [0.29, 0.717) is 25.2 Å². The Hall–Kier alpha value is -1.13. The summed E-state index contributed by atoms with van der Waals surface area (Å²) in [6.07, 6.45) is -2.51. The first kappa shape index (κ1) is 22.2. The van der Waals surface area contributed by atoms with E-state index in [1.165, 1.54) is 18.2 Å². The maximum Gasteiger partial charge on any atom is 0.391 e. The lowest BCUT2D eigenvalue weighted by atomic mass is 9.85. The van der Waals surface area contributed by atoms with E-state index >= 15 is 0 Å². The number of aliphatic imine (C=N–C) groups is 1. The van der Waals surface area contributed by atoms with Crippen molar-refractivity contribution in [2.45, 2.75) is 56.3 Å². The number of rotatable bonds is 3. The summed E-state index contributed by atoms with van der Waals surface area (Å²) in [7, 11) is 1.57. The lowest BCUT2D eigenvalue weighted by molar-refractivity contribution is -0.182. The van der Waals surface area contributed by atoms with Crippen LogP contribution in [-0.4, -0.2) is 31.3 Å². The van der Waals surface area contributed by atoms with Gasteiger partial charge in [0.25, 0.3) is 0 Å². The lowest BCUT2D eigenvalue weighted by Gasteiger charge is -2.31. The van der Waals surface area contributed by atoms with Crippen LogP contribution < -0.4 is 10.6 Å². The lowest BCUT2D eigenvalue weighted by Crippen LogP contribution is -2.46. The maximum atomic E-state index is 13.8. The molecule has 0 aliphatic heterocycles. The van der Waals surface area contributed by atoms with Gasteiger partial charge in [0.1, 0.15) is 11.6 Å². The maximum absolute atomic E-state index is 13.8. The molecule has 1 aromatic rings. The second-order valence-corrected chi connectivity index (χ2v) is 7.04. The summed E-state index contributed by atoms with van der Waals surface area (Å²) in [5, 5.41) is 6.25. The highest BCUT2D eigenvalue weighted by Gasteiger charge is 2.43. The first-order valence-electron chi connectivity index (χ1n) is 8.80. The van der Waals surface area contributed by atoms with Crippen LogP contribution in [0.1, 0.15) is 43.6 Å². The van der Waals surface area contributed by atoms with Crippen LogP contribution in [0.25, 0.3) is 0 Å². The van der Waals surface area contributed by atoms with Gasteiger partial charge < -0.3 is 10.6 Å². The highest BCUT2D eigenvalue weighted by molar-refractivity contribution is 14.0. The molecule has 2 N–H and O–H groups in total. The molecule has 2 fully saturated rings. The number of nitrogens with zero attached hydrogens (tertiary/aromatic N) is 1. The van der Waals surface area contributed by atoms with E-state index in [1.54, 1.807) is 7.05 Å². The van der Waals surface area contributed by atoms with Crippen LogP contribution in [0.3, 0.4) is 0 Å². The van der Waals surface area contributed by atoms with Gasteiger partial charge in [-0.3, -0.25) is 4.99 Å². The molecule has 27 heavy (non-hydrogen) atoms. The molecule has 0 saturated heterocycles. The fraction of sp³-hybridized carbons (Fsp3) is 0.611. The molecular weight excluding hydrogens is 480 g/mol. The second kappa shape index (κ2) is 8.91. The Kier molecular flexibility index (Phi) is 7.32. The van der Waals surface area contributed by atoms with Gasteiger partial charge in [0.05, 0.1) is 5.92 Å². The molecule has 3 rings (SSSR count). The minimum atomic E-state index is -4.13. The summed E-state index contributed by atoms with van der Waals surface area (Å²) >= 11 is 0. The van der Waals surface area contributed by atoms with Crippen molar-refractivity contribution in [3.8, 4) is 0 Å². The first-order valence-corrected chi connectivity index (χ1v) is 8.80. The molecule has 0 amide bonds. The van der Waals surface area contributed by atoms with E-state index in [9.17, 15) is 22.0 Å². The summed E-state index contributed by atoms with van der Waals surface area (Å²) in [4.78, 5) is 4.09. The van der Waals surface area contributed by atoms with E-state index in [1.807, 2.05) is 0 Å². The molecule has 3 nitrogen and oxygen atoms in total. The molecule has 0 spiro atoms. The van der Waals surface area contributed by atoms with Gasteiger partial charge in [0.15, 0.2) is 5.96 Å². The molecule has 0 heterocycles. The van der Waals surface area contributed by atoms with Crippen molar-refractivity contribution >= 4 is 29.9 Å². The number of hydrogen-bond donors (Lipinski definition) is 2. The molecule has 2 atom stereocenters. The summed E-state index contributed by atoms with van der Waals surface area (Å²) in [6, 6.07) is 3.58. The van der Waals surface area contributed by atoms with Crippen LogP contribution in [0.5, 0.6) is 0 Å². The number of benzene rings is 1. The SMILES string of the molecule is CN=C(NC1CCC(C(F)(F)F)CC1)NC1CC1c1c(F)cccc1F.I. The van der Waals surface area contributed by atoms with Crippen LogP contribution in [0.15, 0.2) is 23.2 Å². The Labute approximate surface area is 172 Å². The smallest absolute Gasteiger partial charge is 0.354 e. The summed E-state index contributed by atoms with van der Waals surface area (Å²) in [5.74, 6) is -2.16. The van der Waals surface area contributed by atoms with E-state index < -0.39 is 23.7 Å². The average molecular weight is 503 g/mol. The molecule has 9 heteroatoms. The largest absolute Gasteiger partial charge is 0.391 e. The summed E-state index contributed by atoms with van der Waals surface area (Å²) in [5.41, 5.74) is 0.0751. The van der Waals surface area contributed by atoms with Gasteiger partial charge in [-0.25, -0.2) is 8.78 Å². The van der Waals surface area contributed by atoms with Crippen molar-refractivity contribution < 1.29 is 22.0 Å². The number of halogens is 6. The van der Waals surface area contributed by atoms with Gasteiger partial charge in [0, 0.05) is 30.6 Å². The van der Waals surface area contributed by atoms with Crippen LogP contribution in [0.2, 0.25) is 0 Å². The van der Waals surface area contributed by atoms with Crippen LogP contribution in [0.4, 0.5) is 22.0 Å². The number of hydrogen-bond acceptors (Lipinski definition) is 1. The Morgan fingerprint density at radius 1 is 1.04 bits per heavy atom. The highest BCUT2D eigenvalue weighted by atomic mass is 127. The number of guanidine groups is 1. The zero-order valence-electron chi connectivity index (χ0n) is 14.8. The molecule has 2 aliphatic carbocycles. The highest BCUT2D eigenvalue weighted by Crippen LogP contribution is 2.43. The average Bonchev–Trinajstić information content (AvgIpc) is 3.32. The molecule has 152 valence electrons. The van der Waals surface area contributed by atoms with E-state index in [-0.39, 0.29) is 60.4 Å². The summed E-state index contributed by atoms with van der Waals surface area (Å²) in [6.45, 7) is 0. The minimum absolute atomic E-state index is 0. The zero-order valence-corrected chi connectivity index (χ0v) is 17.2. The monoisotopic (exact) mass is 503 g/mol. The van der Waals surface area contributed by atoms with E-state index in [4.69, 9.17) is 0 Å². The quantitative estimate of drug-likeness (QED) is 0.271. The van der Waals surface area contributed by atoms with E-state index in [2.05, 4.69) is 15.6 Å². The van der Waals surface area contributed by atoms with Gasteiger partial charge >= 0.3 is 6.18 Å². The summed E-state index contributed by atoms with van der Waals surface area (Å²) < 4.78 is 65.9. The normalized spacial score (nSPS) is 28.3. The molecule has 1 aromatic carbocycles. The van der Waals surface area contributed by atoms with Crippen molar-refractivity contribution in [1.29, 1.82) is 0 Å². The third kappa shape index (κ3) is 5.45. The molecule has 2 unspecified atom stereocenters. The van der Waals surface area contributed by atoms with Crippen LogP contribution >= 0.6 is 24.0 Å². The molecular formula is C18H23F5IN3. The predicted octanol–water partition coefficient (Wildman–Crippen LogP) is 4.72. The third-order valence-electron chi connectivity index (χ3n) is 5.24. The van der Waals surface area contributed by atoms with Crippen molar-refractivity contribution in [1.82, 2.24) is 10.6 Å². The van der Waals surface area contributed by atoms with E-state index in [0.717, 1.165) is 0 Å². The Bertz CT molecular complexity index is 651. The van der Waals surface area contributed by atoms with Crippen molar-refractivity contribution in [3.63, 3.8) is 0 Å². The standard InChI is InChI=1S/C18H22F5N3.HI/c1-24-17(25-11-7-5-10(6-8-11)18(21,22)23)26-15-9-12(15)16-13(19)3-2-4-14(16)20;/h2-4,10-12,15H,5-9H2,1H3,(H2,24,25,26);1H. The number of nitrogens with one attached hydrogen (secondary N) is 2.